The van der Waals surface area contributed by atoms with Crippen LogP contribution in [-0.4, -0.2) is 45.0 Å². The van der Waals surface area contributed by atoms with Crippen molar-refractivity contribution in [2.45, 2.75) is 39.0 Å². The van der Waals surface area contributed by atoms with Crippen molar-refractivity contribution < 1.29 is 14.4 Å². The quantitative estimate of drug-likeness (QED) is 0.608. The van der Waals surface area contributed by atoms with E-state index in [1.54, 1.807) is 14.0 Å². The van der Waals surface area contributed by atoms with Gasteiger partial charge >= 0.3 is 0 Å². The highest BCUT2D eigenvalue weighted by molar-refractivity contribution is 6.01. The summed E-state index contributed by atoms with van der Waals surface area (Å²) in [5, 5.41) is 10.1. The number of hydrogen-bond acceptors (Lipinski definition) is 4. The van der Waals surface area contributed by atoms with E-state index in [0.29, 0.717) is 13.1 Å². The third kappa shape index (κ3) is 4.37. The van der Waals surface area contributed by atoms with E-state index in [1.165, 1.54) is 15.6 Å². The Bertz CT molecular complexity index is 1200. The Morgan fingerprint density at radius 3 is 2.45 bits per heavy atom. The van der Waals surface area contributed by atoms with Gasteiger partial charge in [-0.2, -0.15) is 5.10 Å². The van der Waals surface area contributed by atoms with Crippen LogP contribution < -0.4 is 10.6 Å². The van der Waals surface area contributed by atoms with Crippen LogP contribution in [0.25, 0.3) is 0 Å². The lowest BCUT2D eigenvalue weighted by Crippen LogP contribution is -2.62. The average molecular weight is 446 g/mol. The van der Waals surface area contributed by atoms with Gasteiger partial charge in [0.15, 0.2) is 5.69 Å². The fourth-order valence-electron chi connectivity index (χ4n) is 3.88. The average Bonchev–Trinajstić information content (AvgIpc) is 3.25. The highest BCUT2D eigenvalue weighted by Gasteiger charge is 2.46. The Morgan fingerprint density at radius 2 is 1.73 bits per heavy atom. The Kier molecular flexibility index (Phi) is 6.00. The Morgan fingerprint density at radius 1 is 1.03 bits per heavy atom. The molecule has 0 saturated heterocycles. The van der Waals surface area contributed by atoms with E-state index in [1.807, 2.05) is 61.5 Å². The second-order valence-electron chi connectivity index (χ2n) is 8.49. The molecule has 0 bridgehead atoms. The molecule has 0 radical (unpaired) electrons. The van der Waals surface area contributed by atoms with Crippen molar-refractivity contribution in [1.82, 2.24) is 25.3 Å². The normalized spacial score (nSPS) is 17.4. The molecule has 0 saturated carbocycles. The van der Waals surface area contributed by atoms with Crippen LogP contribution in [0.5, 0.6) is 0 Å². The molecule has 2 aromatic carbocycles. The lowest BCUT2D eigenvalue weighted by molar-refractivity contribution is -0.132. The summed E-state index contributed by atoms with van der Waals surface area (Å²) in [6.07, 6.45) is 0. The number of amides is 3. The van der Waals surface area contributed by atoms with Crippen molar-refractivity contribution in [3.8, 4) is 0 Å². The first kappa shape index (κ1) is 22.3. The second kappa shape index (κ2) is 8.90. The van der Waals surface area contributed by atoms with Gasteiger partial charge in [-0.15, -0.1) is 0 Å². The van der Waals surface area contributed by atoms with E-state index < -0.39 is 5.54 Å². The summed E-state index contributed by atoms with van der Waals surface area (Å²) >= 11 is 0. The molecular weight excluding hydrogens is 418 g/mol. The monoisotopic (exact) mass is 445 g/mol. The van der Waals surface area contributed by atoms with E-state index in [9.17, 15) is 14.4 Å². The molecule has 3 aromatic rings. The first-order chi connectivity index (χ1) is 15.8. The number of nitrogens with one attached hydrogen (secondary N) is 2. The number of aromatic nitrogens is 2. The summed E-state index contributed by atoms with van der Waals surface area (Å²) in [6.45, 7) is 4.55. The minimum atomic E-state index is -1.14. The molecule has 4 rings (SSSR count). The highest BCUT2D eigenvalue weighted by Crippen LogP contribution is 2.26. The minimum absolute atomic E-state index is 0.147. The van der Waals surface area contributed by atoms with Gasteiger partial charge in [-0.1, -0.05) is 54.6 Å². The SMILES string of the molecule is Cc1ccccc1CNC(=O)c1cc2n(n1)C[C@](C)(C(=O)NCc1ccccc1)N(C)C2=O. The number of benzene rings is 2. The van der Waals surface area contributed by atoms with Crippen molar-refractivity contribution >= 4 is 17.7 Å². The standard InChI is InChI=1S/C25H27N5O3/c1-17-9-7-8-12-19(17)15-26-22(31)20-13-21-23(32)29(3)25(2,16-30(21)28-20)24(33)27-14-18-10-5-4-6-11-18/h4-13H,14-16H2,1-3H3,(H,26,31)(H,27,33)/t25-/m1/s1. The van der Waals surface area contributed by atoms with Crippen molar-refractivity contribution in [2.24, 2.45) is 0 Å². The number of rotatable bonds is 6. The first-order valence-electron chi connectivity index (χ1n) is 10.8. The molecular formula is C25H27N5O3. The summed E-state index contributed by atoms with van der Waals surface area (Å²) in [7, 11) is 1.60. The van der Waals surface area contributed by atoms with Crippen molar-refractivity contribution in [3.63, 3.8) is 0 Å². The van der Waals surface area contributed by atoms with Crippen molar-refractivity contribution in [2.75, 3.05) is 7.05 Å². The third-order valence-corrected chi connectivity index (χ3v) is 6.22. The predicted molar refractivity (Wildman–Crippen MR) is 123 cm³/mol. The number of likely N-dealkylation sites (N-methyl/N-ethyl adjacent to an activating group) is 1. The van der Waals surface area contributed by atoms with Gasteiger partial charge in [-0.05, 0) is 30.5 Å². The van der Waals surface area contributed by atoms with Crippen LogP contribution >= 0.6 is 0 Å². The number of carbonyl (C=O) groups is 3. The van der Waals surface area contributed by atoms with E-state index >= 15 is 0 Å². The topological polar surface area (TPSA) is 96.3 Å². The zero-order valence-corrected chi connectivity index (χ0v) is 19.0. The van der Waals surface area contributed by atoms with Gasteiger partial charge in [-0.25, -0.2) is 0 Å². The summed E-state index contributed by atoms with van der Waals surface area (Å²) in [5.41, 5.74) is 2.34. The lowest BCUT2D eigenvalue weighted by Gasteiger charge is -2.40. The molecule has 1 atom stereocenters. The fraction of sp³-hybridized carbons (Fsp3) is 0.280. The van der Waals surface area contributed by atoms with Gasteiger partial charge in [-0.3, -0.25) is 19.1 Å². The number of fused-ring (bicyclic) bond motifs is 1. The number of hydrogen-bond donors (Lipinski definition) is 2. The number of aryl methyl sites for hydroxylation is 1. The van der Waals surface area contributed by atoms with Crippen molar-refractivity contribution in [1.29, 1.82) is 0 Å². The van der Waals surface area contributed by atoms with Crippen LogP contribution in [0.4, 0.5) is 0 Å². The third-order valence-electron chi connectivity index (χ3n) is 6.22. The summed E-state index contributed by atoms with van der Waals surface area (Å²) in [5.74, 6) is -1.01. The van der Waals surface area contributed by atoms with Gasteiger partial charge < -0.3 is 15.5 Å². The molecule has 33 heavy (non-hydrogen) atoms. The van der Waals surface area contributed by atoms with Crippen LogP contribution in [0, 0.1) is 6.92 Å². The van der Waals surface area contributed by atoms with Crippen LogP contribution in [-0.2, 0) is 24.4 Å². The molecule has 0 unspecified atom stereocenters. The molecule has 0 fully saturated rings. The van der Waals surface area contributed by atoms with E-state index in [0.717, 1.165) is 16.7 Å². The van der Waals surface area contributed by atoms with Crippen LogP contribution in [0.15, 0.2) is 60.7 Å². The van der Waals surface area contributed by atoms with Gasteiger partial charge in [0.1, 0.15) is 11.2 Å². The van der Waals surface area contributed by atoms with E-state index in [-0.39, 0.29) is 35.7 Å². The van der Waals surface area contributed by atoms with Crippen molar-refractivity contribution in [3.05, 3.63) is 88.7 Å². The molecule has 8 nitrogen and oxygen atoms in total. The second-order valence-corrected chi connectivity index (χ2v) is 8.49. The smallest absolute Gasteiger partial charge is 0.272 e. The lowest BCUT2D eigenvalue weighted by atomic mass is 9.96. The number of nitrogens with zero attached hydrogens (tertiary/aromatic N) is 3. The largest absolute Gasteiger partial charge is 0.350 e. The van der Waals surface area contributed by atoms with Crippen LogP contribution in [0.2, 0.25) is 0 Å². The highest BCUT2D eigenvalue weighted by atomic mass is 16.2. The van der Waals surface area contributed by atoms with Gasteiger partial charge in [0.2, 0.25) is 5.91 Å². The predicted octanol–water partition coefficient (Wildman–Crippen LogP) is 2.28. The maximum atomic E-state index is 13.1. The maximum absolute atomic E-state index is 13.1. The van der Waals surface area contributed by atoms with Gasteiger partial charge in [0.05, 0.1) is 6.54 Å². The van der Waals surface area contributed by atoms with Crippen LogP contribution in [0.3, 0.4) is 0 Å². The summed E-state index contributed by atoms with van der Waals surface area (Å²) in [6, 6.07) is 18.8. The zero-order valence-electron chi connectivity index (χ0n) is 19.0. The van der Waals surface area contributed by atoms with E-state index in [2.05, 4.69) is 15.7 Å². The summed E-state index contributed by atoms with van der Waals surface area (Å²) < 4.78 is 1.45. The molecule has 1 aliphatic rings. The molecule has 8 heteroatoms. The molecule has 0 aliphatic carbocycles. The molecule has 170 valence electrons. The van der Waals surface area contributed by atoms with Crippen LogP contribution in [0.1, 0.15) is 44.6 Å². The molecule has 1 aliphatic heterocycles. The minimum Gasteiger partial charge on any atom is -0.350 e. The molecule has 2 heterocycles. The Hall–Kier alpha value is -3.94. The molecule has 1 aromatic heterocycles. The van der Waals surface area contributed by atoms with E-state index in [4.69, 9.17) is 0 Å². The van der Waals surface area contributed by atoms with Gasteiger partial charge in [0, 0.05) is 26.2 Å². The molecule has 3 amide bonds. The fourth-order valence-corrected chi connectivity index (χ4v) is 3.88. The summed E-state index contributed by atoms with van der Waals surface area (Å²) in [4.78, 5) is 40.2. The van der Waals surface area contributed by atoms with Gasteiger partial charge in [0.25, 0.3) is 11.8 Å². The Labute approximate surface area is 192 Å². The molecule has 0 spiro atoms. The zero-order chi connectivity index (χ0) is 23.6. The maximum Gasteiger partial charge on any atom is 0.272 e. The first-order valence-corrected chi connectivity index (χ1v) is 10.8. The molecule has 2 N–H and O–H groups in total. The number of carbonyl (C=O) groups excluding carboxylic acids is 3. The Balaban J connectivity index is 1.48.